The Morgan fingerprint density at radius 1 is 1.07 bits per heavy atom. The lowest BCUT2D eigenvalue weighted by molar-refractivity contribution is -0.133. The molecule has 132 valence electrons. The molecule has 5 nitrogen and oxygen atoms in total. The van der Waals surface area contributed by atoms with E-state index in [-0.39, 0.29) is 23.9 Å². The van der Waals surface area contributed by atoms with Gasteiger partial charge in [-0.25, -0.2) is 0 Å². The fraction of sp³-hybridized carbons (Fsp3) is 0.0455. The Hall–Kier alpha value is -3.73. The number of carbonyl (C=O) groups excluding carboxylic acids is 2. The molecule has 5 heteroatoms. The molecule has 0 saturated heterocycles. The van der Waals surface area contributed by atoms with E-state index >= 15 is 0 Å². The maximum Gasteiger partial charge on any atom is 0.315 e. The zero-order valence-electron chi connectivity index (χ0n) is 14.3. The van der Waals surface area contributed by atoms with E-state index in [1.165, 1.54) is 0 Å². The van der Waals surface area contributed by atoms with Crippen molar-refractivity contribution in [2.75, 3.05) is 0 Å². The second-order valence-corrected chi connectivity index (χ2v) is 6.02. The zero-order valence-corrected chi connectivity index (χ0v) is 14.3. The van der Waals surface area contributed by atoms with E-state index in [0.29, 0.717) is 17.1 Å². The highest BCUT2D eigenvalue weighted by Crippen LogP contribution is 2.34. The molecule has 0 radical (unpaired) electrons. The van der Waals surface area contributed by atoms with Crippen LogP contribution in [0.15, 0.2) is 78.8 Å². The monoisotopic (exact) mass is 357 g/mol. The molecular weight excluding hydrogens is 342 g/mol. The van der Waals surface area contributed by atoms with Gasteiger partial charge in [0.1, 0.15) is 11.5 Å². The molecule has 2 aromatic carbocycles. The number of hydrogen-bond donors (Lipinski definition) is 0. The van der Waals surface area contributed by atoms with Crippen molar-refractivity contribution in [1.29, 1.82) is 0 Å². The Morgan fingerprint density at radius 3 is 2.70 bits per heavy atom. The van der Waals surface area contributed by atoms with Crippen LogP contribution in [-0.2, 0) is 11.2 Å². The lowest BCUT2D eigenvalue weighted by atomic mass is 10.1. The van der Waals surface area contributed by atoms with Crippen molar-refractivity contribution < 1.29 is 19.1 Å². The topological polar surface area (TPSA) is 65.5 Å². The summed E-state index contributed by atoms with van der Waals surface area (Å²) in [5.41, 5.74) is 2.08. The predicted octanol–water partition coefficient (Wildman–Crippen LogP) is 3.85. The predicted molar refractivity (Wildman–Crippen MR) is 99.4 cm³/mol. The fourth-order valence-corrected chi connectivity index (χ4v) is 2.77. The van der Waals surface area contributed by atoms with Crippen LogP contribution in [0.4, 0.5) is 0 Å². The average Bonchev–Trinajstić information content (AvgIpc) is 2.98. The minimum Gasteiger partial charge on any atom is -0.452 e. The van der Waals surface area contributed by atoms with E-state index in [1.54, 1.807) is 42.7 Å². The lowest BCUT2D eigenvalue weighted by Crippen LogP contribution is -2.11. The van der Waals surface area contributed by atoms with Gasteiger partial charge in [-0.15, -0.1) is 0 Å². The first kappa shape index (κ1) is 16.7. The number of nitrogens with zero attached hydrogens (tertiary/aromatic N) is 1. The number of rotatable bonds is 4. The largest absolute Gasteiger partial charge is 0.452 e. The van der Waals surface area contributed by atoms with Gasteiger partial charge in [0.2, 0.25) is 5.78 Å². The van der Waals surface area contributed by atoms with Gasteiger partial charge in [-0.1, -0.05) is 36.4 Å². The SMILES string of the molecule is O=C(Cc1ccccc1)Oc1ccc2c(c1)O/C(=C\c1cccnc1)C2=O. The second kappa shape index (κ2) is 7.25. The summed E-state index contributed by atoms with van der Waals surface area (Å²) >= 11 is 0. The average molecular weight is 357 g/mol. The Morgan fingerprint density at radius 2 is 1.93 bits per heavy atom. The Balaban J connectivity index is 1.49. The highest BCUT2D eigenvalue weighted by molar-refractivity contribution is 6.14. The normalized spacial score (nSPS) is 13.9. The van der Waals surface area contributed by atoms with Crippen LogP contribution in [0.2, 0.25) is 0 Å². The third kappa shape index (κ3) is 3.77. The number of esters is 1. The number of Topliss-reactive ketones (excluding diaryl/α,β-unsaturated/α-hetero) is 1. The number of benzene rings is 2. The molecule has 0 atom stereocenters. The molecule has 0 aliphatic carbocycles. The number of carbonyl (C=O) groups is 2. The standard InChI is InChI=1S/C22H15NO4/c24-21(12-15-5-2-1-3-6-15)26-17-8-9-18-19(13-17)27-20(22(18)25)11-16-7-4-10-23-14-16/h1-11,13-14H,12H2/b20-11-. The van der Waals surface area contributed by atoms with Gasteiger partial charge in [-0.2, -0.15) is 0 Å². The molecule has 27 heavy (non-hydrogen) atoms. The third-order valence-electron chi connectivity index (χ3n) is 4.05. The quantitative estimate of drug-likeness (QED) is 0.403. The van der Waals surface area contributed by atoms with E-state index in [9.17, 15) is 9.59 Å². The molecule has 0 fully saturated rings. The second-order valence-electron chi connectivity index (χ2n) is 6.02. The van der Waals surface area contributed by atoms with Crippen LogP contribution < -0.4 is 9.47 Å². The Labute approximate surface area is 155 Å². The van der Waals surface area contributed by atoms with Crippen LogP contribution in [0, 0.1) is 0 Å². The van der Waals surface area contributed by atoms with E-state index in [1.807, 2.05) is 36.4 Å². The lowest BCUT2D eigenvalue weighted by Gasteiger charge is -2.05. The van der Waals surface area contributed by atoms with Gasteiger partial charge in [0.15, 0.2) is 5.76 Å². The van der Waals surface area contributed by atoms with Crippen molar-refractivity contribution >= 4 is 17.8 Å². The number of pyridine rings is 1. The molecule has 0 unspecified atom stereocenters. The highest BCUT2D eigenvalue weighted by atomic mass is 16.5. The summed E-state index contributed by atoms with van der Waals surface area (Å²) in [4.78, 5) is 28.6. The zero-order chi connectivity index (χ0) is 18.6. The molecule has 0 saturated carbocycles. The van der Waals surface area contributed by atoms with Gasteiger partial charge in [0.25, 0.3) is 0 Å². The highest BCUT2D eigenvalue weighted by Gasteiger charge is 2.28. The number of allylic oxidation sites excluding steroid dienone is 1. The van der Waals surface area contributed by atoms with Crippen LogP contribution >= 0.6 is 0 Å². The summed E-state index contributed by atoms with van der Waals surface area (Å²) in [6.07, 6.45) is 5.11. The van der Waals surface area contributed by atoms with Crippen LogP contribution in [0.1, 0.15) is 21.5 Å². The van der Waals surface area contributed by atoms with E-state index in [0.717, 1.165) is 11.1 Å². The van der Waals surface area contributed by atoms with E-state index < -0.39 is 0 Å². The van der Waals surface area contributed by atoms with Crippen molar-refractivity contribution in [3.8, 4) is 11.5 Å². The van der Waals surface area contributed by atoms with Gasteiger partial charge in [0, 0.05) is 18.5 Å². The molecule has 0 bridgehead atoms. The molecule has 1 aliphatic rings. The van der Waals surface area contributed by atoms with Gasteiger partial charge in [0.05, 0.1) is 12.0 Å². The summed E-state index contributed by atoms with van der Waals surface area (Å²) in [5.74, 6) is 0.337. The molecule has 0 N–H and O–H groups in total. The van der Waals surface area contributed by atoms with Crippen LogP contribution in [-0.4, -0.2) is 16.7 Å². The van der Waals surface area contributed by atoms with E-state index in [2.05, 4.69) is 4.98 Å². The number of hydrogen-bond acceptors (Lipinski definition) is 5. The summed E-state index contributed by atoms with van der Waals surface area (Å²) in [5, 5.41) is 0. The summed E-state index contributed by atoms with van der Waals surface area (Å²) < 4.78 is 11.0. The summed E-state index contributed by atoms with van der Waals surface area (Å²) in [7, 11) is 0. The maximum absolute atomic E-state index is 12.5. The van der Waals surface area contributed by atoms with Crippen LogP contribution in [0.3, 0.4) is 0 Å². The summed E-state index contributed by atoms with van der Waals surface area (Å²) in [6.45, 7) is 0. The van der Waals surface area contributed by atoms with Crippen molar-refractivity contribution in [3.05, 3.63) is 95.5 Å². The molecule has 2 heterocycles. The number of ether oxygens (including phenoxy) is 2. The first-order chi connectivity index (χ1) is 13.2. The van der Waals surface area contributed by atoms with Crippen molar-refractivity contribution in [3.63, 3.8) is 0 Å². The Kier molecular flexibility index (Phi) is 4.49. The third-order valence-corrected chi connectivity index (χ3v) is 4.05. The smallest absolute Gasteiger partial charge is 0.315 e. The molecule has 0 amide bonds. The minimum absolute atomic E-state index is 0.171. The van der Waals surface area contributed by atoms with Gasteiger partial charge < -0.3 is 9.47 Å². The molecular formula is C22H15NO4. The fourth-order valence-electron chi connectivity index (χ4n) is 2.77. The minimum atomic E-state index is -0.378. The van der Waals surface area contributed by atoms with E-state index in [4.69, 9.17) is 9.47 Å². The van der Waals surface area contributed by atoms with Crippen molar-refractivity contribution in [1.82, 2.24) is 4.98 Å². The van der Waals surface area contributed by atoms with Crippen molar-refractivity contribution in [2.24, 2.45) is 0 Å². The molecule has 4 rings (SSSR count). The maximum atomic E-state index is 12.5. The van der Waals surface area contributed by atoms with Crippen LogP contribution in [0.25, 0.3) is 6.08 Å². The molecule has 3 aromatic rings. The number of fused-ring (bicyclic) bond motifs is 1. The first-order valence-corrected chi connectivity index (χ1v) is 8.42. The van der Waals surface area contributed by atoms with Crippen LogP contribution in [0.5, 0.6) is 11.5 Å². The van der Waals surface area contributed by atoms with Crippen molar-refractivity contribution in [2.45, 2.75) is 6.42 Å². The summed E-state index contributed by atoms with van der Waals surface area (Å²) in [6, 6.07) is 17.7. The van der Waals surface area contributed by atoms with Gasteiger partial charge >= 0.3 is 5.97 Å². The Bertz CT molecular complexity index is 1030. The molecule has 0 spiro atoms. The number of ketones is 1. The van der Waals surface area contributed by atoms with Gasteiger partial charge in [-0.05, 0) is 35.4 Å². The molecule has 1 aliphatic heterocycles. The number of aromatic nitrogens is 1. The molecule has 1 aromatic heterocycles. The van der Waals surface area contributed by atoms with Gasteiger partial charge in [-0.3, -0.25) is 14.6 Å². The first-order valence-electron chi connectivity index (χ1n) is 8.42.